The number of hydrogen-bond acceptors (Lipinski definition) is 5. The number of nitrogens with two attached hydrogens (primary N) is 1. The lowest BCUT2D eigenvalue weighted by Crippen LogP contribution is -2.38. The lowest BCUT2D eigenvalue weighted by molar-refractivity contribution is -0.121. The molecule has 0 spiro atoms. The maximum absolute atomic E-state index is 12.3. The number of benzene rings is 1. The molecule has 1 aromatic heterocycles. The van der Waals surface area contributed by atoms with Crippen molar-refractivity contribution in [2.24, 2.45) is 0 Å². The molecule has 1 atom stereocenters. The van der Waals surface area contributed by atoms with Gasteiger partial charge >= 0.3 is 0 Å². The number of sulfonamides is 1. The molecule has 0 radical (unpaired) electrons. The molecule has 0 saturated carbocycles. The number of nitrogens with one attached hydrogen (secondary N) is 2. The van der Waals surface area contributed by atoms with Crippen LogP contribution in [0.15, 0.2) is 52.0 Å². The fourth-order valence-electron chi connectivity index (χ4n) is 2.52. The van der Waals surface area contributed by atoms with Crippen LogP contribution in [-0.2, 0) is 21.2 Å². The molecule has 4 N–H and O–H groups in total. The Morgan fingerprint density at radius 2 is 2.00 bits per heavy atom. The normalized spacial score (nSPS) is 12.5. The van der Waals surface area contributed by atoms with Crippen LogP contribution in [-0.4, -0.2) is 31.9 Å². The zero-order valence-corrected chi connectivity index (χ0v) is 17.4. The molecule has 1 heterocycles. The van der Waals surface area contributed by atoms with Crippen LogP contribution in [0.5, 0.6) is 0 Å². The summed E-state index contributed by atoms with van der Waals surface area (Å²) in [5, 5.41) is 2.94. The molecule has 0 aliphatic heterocycles. The van der Waals surface area contributed by atoms with Gasteiger partial charge in [-0.3, -0.25) is 4.79 Å². The average Bonchev–Trinajstić information content (AvgIpc) is 2.63. The Labute approximate surface area is 167 Å². The third-order valence-corrected chi connectivity index (χ3v) is 5.89. The van der Waals surface area contributed by atoms with Crippen molar-refractivity contribution >= 4 is 37.7 Å². The first kappa shape index (κ1) is 21.3. The largest absolute Gasteiger partial charge is 0.383 e. The molecule has 0 unspecified atom stereocenters. The molecule has 0 fully saturated rings. The van der Waals surface area contributed by atoms with E-state index in [2.05, 4.69) is 31.0 Å². The van der Waals surface area contributed by atoms with Crippen molar-refractivity contribution in [1.82, 2.24) is 15.0 Å². The van der Waals surface area contributed by atoms with Crippen LogP contribution in [0.25, 0.3) is 0 Å². The number of aromatic nitrogens is 1. The number of nitrogens with zero attached hydrogens (tertiary/aromatic N) is 1. The Hall–Kier alpha value is -1.97. The third kappa shape index (κ3) is 6.60. The number of pyridine rings is 1. The minimum Gasteiger partial charge on any atom is -0.383 e. The summed E-state index contributed by atoms with van der Waals surface area (Å²) in [5.41, 5.74) is 6.78. The predicted octanol–water partition coefficient (Wildman–Crippen LogP) is 2.23. The highest BCUT2D eigenvalue weighted by Gasteiger charge is 2.19. The summed E-state index contributed by atoms with van der Waals surface area (Å²) in [5.74, 6) is -0.301. The van der Waals surface area contributed by atoms with Crippen molar-refractivity contribution in [2.45, 2.75) is 37.1 Å². The van der Waals surface area contributed by atoms with Gasteiger partial charge in [0.25, 0.3) is 0 Å². The maximum atomic E-state index is 12.3. The van der Waals surface area contributed by atoms with E-state index in [9.17, 15) is 13.2 Å². The maximum Gasteiger partial charge on any atom is 0.244 e. The van der Waals surface area contributed by atoms with E-state index >= 15 is 0 Å². The smallest absolute Gasteiger partial charge is 0.244 e. The van der Waals surface area contributed by atoms with E-state index < -0.39 is 10.0 Å². The monoisotopic (exact) mass is 454 g/mol. The first-order valence-electron chi connectivity index (χ1n) is 8.55. The number of carbonyl (C=O) groups is 1. The number of nitrogen functional groups attached to an aromatic ring is 1. The van der Waals surface area contributed by atoms with Gasteiger partial charge in [0.15, 0.2) is 0 Å². The van der Waals surface area contributed by atoms with Gasteiger partial charge < -0.3 is 11.1 Å². The zero-order valence-electron chi connectivity index (χ0n) is 15.0. The Morgan fingerprint density at radius 1 is 1.30 bits per heavy atom. The predicted molar refractivity (Wildman–Crippen MR) is 109 cm³/mol. The van der Waals surface area contributed by atoms with Crippen LogP contribution in [0, 0.1) is 0 Å². The molecule has 2 aromatic rings. The highest BCUT2D eigenvalue weighted by molar-refractivity contribution is 9.10. The summed E-state index contributed by atoms with van der Waals surface area (Å²) in [6.07, 6.45) is 2.97. The number of anilines is 1. The van der Waals surface area contributed by atoms with E-state index in [-0.39, 0.29) is 35.6 Å². The van der Waals surface area contributed by atoms with Crippen molar-refractivity contribution in [1.29, 1.82) is 0 Å². The van der Waals surface area contributed by atoms with Gasteiger partial charge in [0.05, 0.1) is 0 Å². The molecular formula is C18H23BrN4O3S. The van der Waals surface area contributed by atoms with Gasteiger partial charge in [-0.25, -0.2) is 18.1 Å². The van der Waals surface area contributed by atoms with Crippen molar-refractivity contribution in [3.8, 4) is 0 Å². The van der Waals surface area contributed by atoms with E-state index in [1.54, 1.807) is 0 Å². The highest BCUT2D eigenvalue weighted by atomic mass is 79.9. The van der Waals surface area contributed by atoms with E-state index in [1.165, 1.54) is 12.3 Å². The zero-order chi connectivity index (χ0) is 19.9. The van der Waals surface area contributed by atoms with Gasteiger partial charge in [0.1, 0.15) is 10.7 Å². The Balaban J connectivity index is 1.86. The molecule has 9 heteroatoms. The number of halogens is 1. The minimum absolute atomic E-state index is 0.00132. The van der Waals surface area contributed by atoms with Crippen molar-refractivity contribution in [2.75, 3.05) is 12.3 Å². The molecular weight excluding hydrogens is 432 g/mol. The van der Waals surface area contributed by atoms with Crippen molar-refractivity contribution in [3.63, 3.8) is 0 Å². The molecule has 0 aliphatic rings. The van der Waals surface area contributed by atoms with Crippen LogP contribution in [0.2, 0.25) is 0 Å². The lowest BCUT2D eigenvalue weighted by Gasteiger charge is -2.17. The van der Waals surface area contributed by atoms with Gasteiger partial charge in [0.2, 0.25) is 15.9 Å². The van der Waals surface area contributed by atoms with E-state index in [0.717, 1.165) is 18.4 Å². The average molecular weight is 455 g/mol. The number of hydrogen-bond donors (Lipinski definition) is 3. The van der Waals surface area contributed by atoms with Gasteiger partial charge in [0, 0.05) is 29.7 Å². The fraction of sp³-hybridized carbons (Fsp3) is 0.333. The molecule has 2 rings (SSSR count). The van der Waals surface area contributed by atoms with Crippen LogP contribution in [0.3, 0.4) is 0 Å². The summed E-state index contributed by atoms with van der Waals surface area (Å²) in [4.78, 5) is 15.8. The van der Waals surface area contributed by atoms with Gasteiger partial charge in [-0.2, -0.15) is 0 Å². The summed E-state index contributed by atoms with van der Waals surface area (Å²) in [6, 6.07) is 11.3. The Morgan fingerprint density at radius 3 is 2.67 bits per heavy atom. The standard InChI is InChI=1S/C18H23BrN4O3S/c1-2-15(10-13-6-4-3-5-7-13)23-17(24)8-9-22-27(25,26)16-11-14(19)12-21-18(16)20/h3-7,11-12,15,22H,2,8-10H2,1H3,(H2,20,21)(H,23,24)/t15-/m0/s1. The second-order valence-corrected chi connectivity index (χ2v) is 8.70. The van der Waals surface area contributed by atoms with Crippen LogP contribution in [0.1, 0.15) is 25.3 Å². The van der Waals surface area contributed by atoms with Gasteiger partial charge in [-0.15, -0.1) is 0 Å². The Bertz CT molecular complexity index is 875. The number of rotatable bonds is 9. The first-order valence-corrected chi connectivity index (χ1v) is 10.8. The molecule has 0 aliphatic carbocycles. The topological polar surface area (TPSA) is 114 Å². The summed E-state index contributed by atoms with van der Waals surface area (Å²) in [6.45, 7) is 1.97. The second-order valence-electron chi connectivity index (χ2n) is 6.05. The molecule has 0 saturated heterocycles. The molecule has 7 nitrogen and oxygen atoms in total. The highest BCUT2D eigenvalue weighted by Crippen LogP contribution is 2.20. The molecule has 27 heavy (non-hydrogen) atoms. The van der Waals surface area contributed by atoms with Gasteiger partial charge in [-0.1, -0.05) is 37.3 Å². The van der Waals surface area contributed by atoms with E-state index in [4.69, 9.17) is 5.73 Å². The summed E-state index contributed by atoms with van der Waals surface area (Å²) in [7, 11) is -3.84. The van der Waals surface area contributed by atoms with Crippen LogP contribution in [0.4, 0.5) is 5.82 Å². The van der Waals surface area contributed by atoms with E-state index in [1.807, 2.05) is 37.3 Å². The van der Waals surface area contributed by atoms with Gasteiger partial charge in [-0.05, 0) is 40.4 Å². The first-order chi connectivity index (χ1) is 12.8. The Kier molecular flexibility index (Phi) is 7.76. The second kappa shape index (κ2) is 9.82. The number of amides is 1. The molecule has 0 bridgehead atoms. The fourth-order valence-corrected chi connectivity index (χ4v) is 4.14. The van der Waals surface area contributed by atoms with E-state index in [0.29, 0.717) is 4.47 Å². The van der Waals surface area contributed by atoms with Crippen LogP contribution >= 0.6 is 15.9 Å². The summed E-state index contributed by atoms with van der Waals surface area (Å²) >= 11 is 3.17. The minimum atomic E-state index is -3.84. The quantitative estimate of drug-likeness (QED) is 0.537. The molecule has 1 aromatic carbocycles. The third-order valence-electron chi connectivity index (χ3n) is 3.96. The SMILES string of the molecule is CC[C@@H](Cc1ccccc1)NC(=O)CCNS(=O)(=O)c1cc(Br)cnc1N. The molecule has 146 valence electrons. The lowest BCUT2D eigenvalue weighted by atomic mass is 10.0. The van der Waals surface area contributed by atoms with Crippen LogP contribution < -0.4 is 15.8 Å². The summed E-state index contributed by atoms with van der Waals surface area (Å²) < 4.78 is 27.5. The molecule has 1 amide bonds. The van der Waals surface area contributed by atoms with Crippen molar-refractivity contribution < 1.29 is 13.2 Å². The van der Waals surface area contributed by atoms with Crippen molar-refractivity contribution in [3.05, 3.63) is 52.6 Å². The number of carbonyl (C=O) groups excluding carboxylic acids is 1.